The summed E-state index contributed by atoms with van der Waals surface area (Å²) in [6, 6.07) is 0. The Kier molecular flexibility index (Phi) is 14.0. The van der Waals surface area contributed by atoms with Crippen molar-refractivity contribution in [3.63, 3.8) is 0 Å². The molecule has 0 aromatic carbocycles. The number of hydrogen-bond acceptors (Lipinski definition) is 1. The molecule has 0 bridgehead atoms. The van der Waals surface area contributed by atoms with E-state index < -0.39 is 5.97 Å². The Bertz CT molecular complexity index is 246. The van der Waals surface area contributed by atoms with Crippen molar-refractivity contribution in [1.29, 1.82) is 0 Å². The average molecular weight is 282 g/mol. The molecular weight excluding hydrogens is 248 g/mol. The molecule has 0 aliphatic carbocycles. The van der Waals surface area contributed by atoms with Crippen molar-refractivity contribution in [2.75, 3.05) is 0 Å². The van der Waals surface area contributed by atoms with Crippen molar-refractivity contribution in [1.82, 2.24) is 0 Å². The van der Waals surface area contributed by atoms with Gasteiger partial charge in [0, 0.05) is 0 Å². The maximum atomic E-state index is 10.9. The van der Waals surface area contributed by atoms with Crippen LogP contribution < -0.4 is 0 Å². The molecule has 0 amide bonds. The zero-order valence-corrected chi connectivity index (χ0v) is 13.6. The Labute approximate surface area is 125 Å². The molecule has 0 aliphatic rings. The highest BCUT2D eigenvalue weighted by molar-refractivity contribution is 5.69. The Morgan fingerprint density at radius 3 is 1.95 bits per heavy atom. The highest BCUT2D eigenvalue weighted by atomic mass is 16.4. The summed E-state index contributed by atoms with van der Waals surface area (Å²) in [4.78, 5) is 10.9. The first-order valence-corrected chi connectivity index (χ1v) is 8.60. The van der Waals surface area contributed by atoms with Crippen LogP contribution in [0.3, 0.4) is 0 Å². The number of carboxylic acids is 1. The molecule has 0 fully saturated rings. The highest BCUT2D eigenvalue weighted by Crippen LogP contribution is 2.15. The predicted molar refractivity (Wildman–Crippen MR) is 87.0 cm³/mol. The van der Waals surface area contributed by atoms with Crippen LogP contribution in [0.1, 0.15) is 90.9 Å². The van der Waals surface area contributed by atoms with Crippen molar-refractivity contribution >= 4 is 5.97 Å². The van der Waals surface area contributed by atoms with Crippen LogP contribution in [0.4, 0.5) is 0 Å². The molecule has 0 heterocycles. The van der Waals surface area contributed by atoms with Gasteiger partial charge in [-0.1, -0.05) is 64.5 Å². The van der Waals surface area contributed by atoms with E-state index in [4.69, 9.17) is 5.11 Å². The van der Waals surface area contributed by atoms with Gasteiger partial charge in [0.15, 0.2) is 0 Å². The van der Waals surface area contributed by atoms with Gasteiger partial charge in [-0.05, 0) is 38.5 Å². The fraction of sp³-hybridized carbons (Fsp3) is 0.833. The normalized spacial score (nSPS) is 12.9. The van der Waals surface area contributed by atoms with Crippen molar-refractivity contribution in [3.05, 3.63) is 12.2 Å². The predicted octanol–water partition coefficient (Wildman–Crippen LogP) is 5.96. The first-order chi connectivity index (χ1) is 9.72. The minimum atomic E-state index is -0.626. The summed E-state index contributed by atoms with van der Waals surface area (Å²) in [6.45, 7) is 4.21. The summed E-state index contributed by atoms with van der Waals surface area (Å²) in [7, 11) is 0. The van der Waals surface area contributed by atoms with Gasteiger partial charge in [-0.25, -0.2) is 0 Å². The Balaban J connectivity index is 3.27. The summed E-state index contributed by atoms with van der Waals surface area (Å²) in [5.41, 5.74) is 0. The van der Waals surface area contributed by atoms with Gasteiger partial charge in [0.2, 0.25) is 0 Å². The number of carboxylic acid groups (broad SMARTS) is 1. The lowest BCUT2D eigenvalue weighted by Gasteiger charge is -2.08. The van der Waals surface area contributed by atoms with E-state index in [0.29, 0.717) is 0 Å². The van der Waals surface area contributed by atoms with E-state index in [9.17, 15) is 4.79 Å². The van der Waals surface area contributed by atoms with E-state index in [2.05, 4.69) is 19.1 Å². The van der Waals surface area contributed by atoms with Gasteiger partial charge >= 0.3 is 5.97 Å². The molecule has 2 heteroatoms. The number of unbranched alkanes of at least 4 members (excludes halogenated alkanes) is 8. The van der Waals surface area contributed by atoms with Gasteiger partial charge in [-0.15, -0.1) is 0 Å². The highest BCUT2D eigenvalue weighted by Gasteiger charge is 2.13. The van der Waals surface area contributed by atoms with Gasteiger partial charge in [-0.3, -0.25) is 4.79 Å². The maximum absolute atomic E-state index is 10.9. The lowest BCUT2D eigenvalue weighted by Crippen LogP contribution is -2.12. The second-order valence-corrected chi connectivity index (χ2v) is 5.76. The zero-order chi connectivity index (χ0) is 15.1. The lowest BCUT2D eigenvalue weighted by molar-refractivity contribution is -0.142. The molecule has 2 nitrogen and oxygen atoms in total. The molecule has 1 N–H and O–H groups in total. The minimum absolute atomic E-state index is 0.127. The number of carbonyl (C=O) groups is 1. The van der Waals surface area contributed by atoms with E-state index >= 15 is 0 Å². The summed E-state index contributed by atoms with van der Waals surface area (Å²) in [6.07, 6.45) is 18.8. The van der Waals surface area contributed by atoms with Gasteiger partial charge in [-0.2, -0.15) is 0 Å². The molecule has 0 aromatic heterocycles. The fourth-order valence-corrected chi connectivity index (χ4v) is 2.43. The molecule has 118 valence electrons. The number of aliphatic carboxylic acids is 1. The SMILES string of the molecule is CCCCCCC=CCCCCCCC(CC)C(=O)O. The second kappa shape index (κ2) is 14.6. The van der Waals surface area contributed by atoms with E-state index in [1.807, 2.05) is 6.92 Å². The molecule has 1 unspecified atom stereocenters. The van der Waals surface area contributed by atoms with Gasteiger partial charge < -0.3 is 5.11 Å². The molecule has 1 atom stereocenters. The maximum Gasteiger partial charge on any atom is 0.306 e. The number of rotatable bonds is 14. The molecular formula is C18H34O2. The fourth-order valence-electron chi connectivity index (χ4n) is 2.43. The van der Waals surface area contributed by atoms with Crippen LogP contribution in [0.15, 0.2) is 12.2 Å². The molecule has 0 aromatic rings. The molecule has 0 radical (unpaired) electrons. The third-order valence-electron chi connectivity index (χ3n) is 3.91. The second-order valence-electron chi connectivity index (χ2n) is 5.76. The molecule has 0 rings (SSSR count). The van der Waals surface area contributed by atoms with Crippen LogP contribution in [0.2, 0.25) is 0 Å². The van der Waals surface area contributed by atoms with Crippen LogP contribution in [-0.2, 0) is 4.79 Å². The monoisotopic (exact) mass is 282 g/mol. The van der Waals surface area contributed by atoms with Crippen LogP contribution in [0.5, 0.6) is 0 Å². The standard InChI is InChI=1S/C18H34O2/c1-3-5-6-7-8-9-10-11-12-13-14-15-16-17(4-2)18(19)20/h9-10,17H,3-8,11-16H2,1-2H3,(H,19,20). The smallest absolute Gasteiger partial charge is 0.306 e. The third kappa shape index (κ3) is 12.3. The van der Waals surface area contributed by atoms with Gasteiger partial charge in [0.05, 0.1) is 5.92 Å². The molecule has 20 heavy (non-hydrogen) atoms. The van der Waals surface area contributed by atoms with Crippen LogP contribution in [0.25, 0.3) is 0 Å². The third-order valence-corrected chi connectivity index (χ3v) is 3.91. The number of allylic oxidation sites excluding steroid dienone is 2. The summed E-state index contributed by atoms with van der Waals surface area (Å²) >= 11 is 0. The van der Waals surface area contributed by atoms with E-state index in [1.165, 1.54) is 57.8 Å². The zero-order valence-electron chi connectivity index (χ0n) is 13.6. The van der Waals surface area contributed by atoms with Crippen molar-refractivity contribution in [2.45, 2.75) is 90.9 Å². The summed E-state index contributed by atoms with van der Waals surface area (Å²) in [5.74, 6) is -0.753. The first kappa shape index (κ1) is 19.2. The minimum Gasteiger partial charge on any atom is -0.481 e. The summed E-state index contributed by atoms with van der Waals surface area (Å²) in [5, 5.41) is 8.94. The number of hydrogen-bond donors (Lipinski definition) is 1. The van der Waals surface area contributed by atoms with Gasteiger partial charge in [0.1, 0.15) is 0 Å². The lowest BCUT2D eigenvalue weighted by atomic mass is 9.98. The largest absolute Gasteiger partial charge is 0.481 e. The first-order valence-electron chi connectivity index (χ1n) is 8.60. The van der Waals surface area contributed by atoms with Crippen molar-refractivity contribution < 1.29 is 9.90 Å². The molecule has 0 aliphatic heterocycles. The molecule has 0 saturated heterocycles. The van der Waals surface area contributed by atoms with Crippen LogP contribution >= 0.6 is 0 Å². The quantitative estimate of drug-likeness (QED) is 0.315. The van der Waals surface area contributed by atoms with Gasteiger partial charge in [0.25, 0.3) is 0 Å². The average Bonchev–Trinajstić information content (AvgIpc) is 2.43. The topological polar surface area (TPSA) is 37.3 Å². The molecule has 0 spiro atoms. The van der Waals surface area contributed by atoms with Crippen molar-refractivity contribution in [2.24, 2.45) is 5.92 Å². The van der Waals surface area contributed by atoms with Crippen LogP contribution in [0, 0.1) is 5.92 Å². The van der Waals surface area contributed by atoms with E-state index in [1.54, 1.807) is 0 Å². The Morgan fingerprint density at radius 1 is 0.900 bits per heavy atom. The van der Waals surface area contributed by atoms with Crippen molar-refractivity contribution in [3.8, 4) is 0 Å². The van der Waals surface area contributed by atoms with E-state index in [0.717, 1.165) is 19.3 Å². The Hall–Kier alpha value is -0.790. The molecule has 0 saturated carbocycles. The van der Waals surface area contributed by atoms with E-state index in [-0.39, 0.29) is 5.92 Å². The summed E-state index contributed by atoms with van der Waals surface area (Å²) < 4.78 is 0. The Morgan fingerprint density at radius 2 is 1.45 bits per heavy atom. The van der Waals surface area contributed by atoms with Crippen LogP contribution in [-0.4, -0.2) is 11.1 Å².